The van der Waals surface area contributed by atoms with Crippen LogP contribution in [0.3, 0.4) is 0 Å². The van der Waals surface area contributed by atoms with E-state index < -0.39 is 0 Å². The van der Waals surface area contributed by atoms with Gasteiger partial charge in [-0.15, -0.1) is 0 Å². The Morgan fingerprint density at radius 3 is 2.77 bits per heavy atom. The summed E-state index contributed by atoms with van der Waals surface area (Å²) < 4.78 is 0. The van der Waals surface area contributed by atoms with E-state index in [0.717, 1.165) is 11.4 Å². The van der Waals surface area contributed by atoms with E-state index >= 15 is 0 Å². The number of pyridine rings is 1. The molecule has 4 nitrogen and oxygen atoms in total. The number of nitrogens with zero attached hydrogens (tertiary/aromatic N) is 3. The van der Waals surface area contributed by atoms with Crippen molar-refractivity contribution in [1.29, 1.82) is 0 Å². The Hall–Kier alpha value is -1.58. The largest absolute Gasteiger partial charge is 0.411 e. The van der Waals surface area contributed by atoms with Gasteiger partial charge in [-0.1, -0.05) is 5.16 Å². The second kappa shape index (κ2) is 3.89. The summed E-state index contributed by atoms with van der Waals surface area (Å²) in [6.07, 6.45) is 1.69. The molecule has 1 N–H and O–H groups in total. The maximum Gasteiger partial charge on any atom is 0.128 e. The van der Waals surface area contributed by atoms with Gasteiger partial charge in [0.05, 0.1) is 5.71 Å². The highest BCUT2D eigenvalue weighted by atomic mass is 16.4. The summed E-state index contributed by atoms with van der Waals surface area (Å²) in [6.45, 7) is 1.74. The van der Waals surface area contributed by atoms with Crippen LogP contribution in [-0.4, -0.2) is 30.0 Å². The molecule has 0 saturated carbocycles. The molecule has 0 aliphatic carbocycles. The summed E-state index contributed by atoms with van der Waals surface area (Å²) in [5.41, 5.74) is 1.46. The highest BCUT2D eigenvalue weighted by molar-refractivity contribution is 5.98. The molecule has 13 heavy (non-hydrogen) atoms. The highest BCUT2D eigenvalue weighted by Crippen LogP contribution is 2.09. The summed E-state index contributed by atoms with van der Waals surface area (Å²) in [6, 6.07) is 3.68. The Morgan fingerprint density at radius 2 is 2.23 bits per heavy atom. The van der Waals surface area contributed by atoms with Crippen LogP contribution in [0.1, 0.15) is 12.5 Å². The fourth-order valence-corrected chi connectivity index (χ4v) is 0.946. The van der Waals surface area contributed by atoms with Crippen molar-refractivity contribution in [3.8, 4) is 0 Å². The molecule has 0 amide bonds. The Kier molecular flexibility index (Phi) is 2.84. The van der Waals surface area contributed by atoms with E-state index in [1.165, 1.54) is 0 Å². The second-order valence-corrected chi connectivity index (χ2v) is 2.98. The summed E-state index contributed by atoms with van der Waals surface area (Å²) in [5, 5.41) is 11.7. The van der Waals surface area contributed by atoms with Crippen LogP contribution in [0.25, 0.3) is 0 Å². The van der Waals surface area contributed by atoms with Crippen LogP contribution in [0.15, 0.2) is 23.5 Å². The molecule has 4 heteroatoms. The van der Waals surface area contributed by atoms with E-state index in [1.54, 1.807) is 13.1 Å². The molecule has 0 saturated heterocycles. The minimum Gasteiger partial charge on any atom is -0.411 e. The third kappa shape index (κ3) is 2.18. The van der Waals surface area contributed by atoms with Crippen molar-refractivity contribution < 1.29 is 5.21 Å². The van der Waals surface area contributed by atoms with Crippen molar-refractivity contribution in [3.63, 3.8) is 0 Å². The van der Waals surface area contributed by atoms with Crippen molar-refractivity contribution in [2.45, 2.75) is 6.92 Å². The first-order valence-electron chi connectivity index (χ1n) is 3.97. The van der Waals surface area contributed by atoms with Gasteiger partial charge < -0.3 is 10.1 Å². The number of anilines is 1. The Balaban J connectivity index is 3.05. The van der Waals surface area contributed by atoms with Crippen molar-refractivity contribution in [3.05, 3.63) is 23.9 Å². The van der Waals surface area contributed by atoms with Gasteiger partial charge in [-0.2, -0.15) is 0 Å². The molecule has 1 aromatic heterocycles. The standard InChI is InChI=1S/C9H13N3O/c1-7(11-13)8-4-5-10-9(6-8)12(2)3/h4-6,13H,1-3H3/b11-7-. The first-order valence-corrected chi connectivity index (χ1v) is 3.97. The predicted molar refractivity (Wildman–Crippen MR) is 52.6 cm³/mol. The fraction of sp³-hybridized carbons (Fsp3) is 0.333. The lowest BCUT2D eigenvalue weighted by Crippen LogP contribution is -2.11. The summed E-state index contributed by atoms with van der Waals surface area (Å²) in [5.74, 6) is 0.848. The van der Waals surface area contributed by atoms with Crippen LogP contribution in [0.4, 0.5) is 5.82 Å². The molecule has 0 aliphatic rings. The third-order valence-corrected chi connectivity index (χ3v) is 1.77. The topological polar surface area (TPSA) is 48.7 Å². The summed E-state index contributed by atoms with van der Waals surface area (Å²) in [7, 11) is 3.83. The van der Waals surface area contributed by atoms with Crippen LogP contribution < -0.4 is 4.90 Å². The van der Waals surface area contributed by atoms with Gasteiger partial charge >= 0.3 is 0 Å². The molecule has 0 fully saturated rings. The van der Waals surface area contributed by atoms with E-state index in [2.05, 4.69) is 10.1 Å². The van der Waals surface area contributed by atoms with Crippen molar-refractivity contribution >= 4 is 11.5 Å². The van der Waals surface area contributed by atoms with Gasteiger partial charge in [-0.3, -0.25) is 0 Å². The lowest BCUT2D eigenvalue weighted by molar-refractivity contribution is 0.319. The second-order valence-electron chi connectivity index (χ2n) is 2.98. The Bertz CT molecular complexity index is 320. The van der Waals surface area contributed by atoms with Crippen molar-refractivity contribution in [2.24, 2.45) is 5.16 Å². The average Bonchev–Trinajstić information content (AvgIpc) is 2.17. The minimum absolute atomic E-state index is 0.588. The Labute approximate surface area is 77.5 Å². The van der Waals surface area contributed by atoms with Gasteiger partial charge in [-0.05, 0) is 19.1 Å². The molecule has 1 aromatic rings. The number of aromatic nitrogens is 1. The van der Waals surface area contributed by atoms with E-state index in [9.17, 15) is 0 Å². The van der Waals surface area contributed by atoms with Gasteiger partial charge in [0.15, 0.2) is 0 Å². The van der Waals surface area contributed by atoms with Crippen LogP contribution in [0.2, 0.25) is 0 Å². The molecule has 1 rings (SSSR count). The van der Waals surface area contributed by atoms with Crippen LogP contribution in [0.5, 0.6) is 0 Å². The molecule has 70 valence electrons. The zero-order valence-corrected chi connectivity index (χ0v) is 8.02. The first kappa shape index (κ1) is 9.51. The quantitative estimate of drug-likeness (QED) is 0.423. The van der Waals surface area contributed by atoms with Gasteiger partial charge in [0.2, 0.25) is 0 Å². The molecular formula is C9H13N3O. The number of rotatable bonds is 2. The zero-order chi connectivity index (χ0) is 9.84. The van der Waals surface area contributed by atoms with Crippen LogP contribution in [0, 0.1) is 0 Å². The van der Waals surface area contributed by atoms with Gasteiger partial charge in [-0.25, -0.2) is 4.98 Å². The third-order valence-electron chi connectivity index (χ3n) is 1.77. The molecular weight excluding hydrogens is 166 g/mol. The summed E-state index contributed by atoms with van der Waals surface area (Å²) in [4.78, 5) is 6.04. The molecule has 0 radical (unpaired) electrons. The van der Waals surface area contributed by atoms with E-state index in [4.69, 9.17) is 5.21 Å². The van der Waals surface area contributed by atoms with Gasteiger partial charge in [0.1, 0.15) is 5.82 Å². The molecule has 0 unspecified atom stereocenters. The van der Waals surface area contributed by atoms with Crippen molar-refractivity contribution in [1.82, 2.24) is 4.98 Å². The molecule has 0 spiro atoms. The number of hydrogen-bond acceptors (Lipinski definition) is 4. The van der Waals surface area contributed by atoms with Crippen LogP contribution in [-0.2, 0) is 0 Å². The first-order chi connectivity index (χ1) is 6.15. The average molecular weight is 179 g/mol. The Morgan fingerprint density at radius 1 is 1.54 bits per heavy atom. The molecule has 0 atom stereocenters. The van der Waals surface area contributed by atoms with Crippen molar-refractivity contribution in [2.75, 3.05) is 19.0 Å². The smallest absolute Gasteiger partial charge is 0.128 e. The maximum absolute atomic E-state index is 8.57. The monoisotopic (exact) mass is 179 g/mol. The highest BCUT2D eigenvalue weighted by Gasteiger charge is 2.01. The van der Waals surface area contributed by atoms with E-state index in [1.807, 2.05) is 31.1 Å². The SMILES string of the molecule is C/C(=N/O)c1ccnc(N(C)C)c1. The van der Waals surface area contributed by atoms with Gasteiger partial charge in [0.25, 0.3) is 0 Å². The zero-order valence-electron chi connectivity index (χ0n) is 8.02. The summed E-state index contributed by atoms with van der Waals surface area (Å²) >= 11 is 0. The maximum atomic E-state index is 8.57. The molecule has 0 bridgehead atoms. The van der Waals surface area contributed by atoms with Gasteiger partial charge in [0, 0.05) is 25.9 Å². The number of oxime groups is 1. The minimum atomic E-state index is 0.588. The normalized spacial score (nSPS) is 11.5. The predicted octanol–water partition coefficient (Wildman–Crippen LogP) is 1.35. The number of hydrogen-bond donors (Lipinski definition) is 1. The fourth-order valence-electron chi connectivity index (χ4n) is 0.946. The van der Waals surface area contributed by atoms with Crippen LogP contribution >= 0.6 is 0 Å². The molecule has 0 aromatic carbocycles. The molecule has 0 aliphatic heterocycles. The van der Waals surface area contributed by atoms with E-state index in [0.29, 0.717) is 5.71 Å². The lowest BCUT2D eigenvalue weighted by atomic mass is 10.2. The molecule has 1 heterocycles. The van der Waals surface area contributed by atoms with E-state index in [-0.39, 0.29) is 0 Å². The lowest BCUT2D eigenvalue weighted by Gasteiger charge is -2.11.